The first-order valence-electron chi connectivity index (χ1n) is 8.38. The summed E-state index contributed by atoms with van der Waals surface area (Å²) in [7, 11) is 1.60. The van der Waals surface area contributed by atoms with Gasteiger partial charge in [-0.15, -0.1) is 12.4 Å². The lowest BCUT2D eigenvalue weighted by atomic mass is 10.1. The van der Waals surface area contributed by atoms with E-state index in [0.717, 1.165) is 10.9 Å². The Morgan fingerprint density at radius 3 is 2.34 bits per heavy atom. The third-order valence-corrected chi connectivity index (χ3v) is 4.97. The number of halogens is 4. The number of methoxy groups -OCH3 is 1. The maximum atomic E-state index is 6.37. The number of fused-ring (bicyclic) bond motifs is 1. The average Bonchev–Trinajstić information content (AvgIpc) is 2.68. The molecule has 1 N–H and O–H groups in total. The van der Waals surface area contributed by atoms with Gasteiger partial charge in [0.1, 0.15) is 11.6 Å². The lowest BCUT2D eigenvalue weighted by Crippen LogP contribution is -2.01. The van der Waals surface area contributed by atoms with Gasteiger partial charge in [0.2, 0.25) is 0 Å². The standard InChI is InChI=1S/C21H14Cl3N3O.ClH/c1-28-19-9-7-13(23)11-18(19)26-21-15-4-2-3-5-17(15)25-20(27-21)14-8-6-12(22)10-16(14)24;/h2-11H,1H3,(H,25,26,27);1H. The number of rotatable bonds is 4. The lowest BCUT2D eigenvalue weighted by Gasteiger charge is -2.14. The first-order valence-corrected chi connectivity index (χ1v) is 9.51. The number of ether oxygens (including phenoxy) is 1. The Morgan fingerprint density at radius 2 is 1.59 bits per heavy atom. The molecule has 0 amide bonds. The maximum Gasteiger partial charge on any atom is 0.163 e. The van der Waals surface area contributed by atoms with E-state index in [2.05, 4.69) is 10.3 Å². The predicted octanol–water partition coefficient (Wildman–Crippen LogP) is 7.43. The van der Waals surface area contributed by atoms with Gasteiger partial charge in [-0.3, -0.25) is 0 Å². The highest BCUT2D eigenvalue weighted by Crippen LogP contribution is 2.35. The molecule has 29 heavy (non-hydrogen) atoms. The van der Waals surface area contributed by atoms with Crippen molar-refractivity contribution < 1.29 is 4.74 Å². The van der Waals surface area contributed by atoms with Gasteiger partial charge >= 0.3 is 0 Å². The van der Waals surface area contributed by atoms with E-state index in [1.54, 1.807) is 43.5 Å². The molecule has 4 nitrogen and oxygen atoms in total. The third kappa shape index (κ3) is 4.51. The first kappa shape index (κ1) is 21.5. The quantitative estimate of drug-likeness (QED) is 0.339. The van der Waals surface area contributed by atoms with Crippen molar-refractivity contribution in [1.82, 2.24) is 9.97 Å². The van der Waals surface area contributed by atoms with Crippen LogP contribution in [0.15, 0.2) is 60.7 Å². The van der Waals surface area contributed by atoms with Crippen LogP contribution in [0, 0.1) is 0 Å². The first-order chi connectivity index (χ1) is 13.5. The molecule has 0 bridgehead atoms. The van der Waals surface area contributed by atoms with E-state index in [1.807, 2.05) is 24.3 Å². The Bertz CT molecular complexity index is 1180. The van der Waals surface area contributed by atoms with Crippen molar-refractivity contribution >= 4 is 69.6 Å². The van der Waals surface area contributed by atoms with Gasteiger partial charge in [-0.2, -0.15) is 0 Å². The number of hydrogen-bond donors (Lipinski definition) is 1. The number of aromatic nitrogens is 2. The van der Waals surface area contributed by atoms with Gasteiger partial charge in [0.05, 0.1) is 23.3 Å². The summed E-state index contributed by atoms with van der Waals surface area (Å²) in [6.07, 6.45) is 0. The van der Waals surface area contributed by atoms with E-state index in [-0.39, 0.29) is 12.4 Å². The van der Waals surface area contributed by atoms with Crippen LogP contribution in [-0.2, 0) is 0 Å². The molecule has 0 unspecified atom stereocenters. The zero-order chi connectivity index (χ0) is 19.7. The normalized spacial score (nSPS) is 10.5. The highest BCUT2D eigenvalue weighted by molar-refractivity contribution is 6.36. The van der Waals surface area contributed by atoms with Crippen LogP contribution in [0.1, 0.15) is 0 Å². The Hall–Kier alpha value is -2.24. The summed E-state index contributed by atoms with van der Waals surface area (Å²) < 4.78 is 5.43. The number of nitrogens with one attached hydrogen (secondary N) is 1. The molecule has 1 aromatic heterocycles. The second-order valence-electron chi connectivity index (χ2n) is 6.01. The van der Waals surface area contributed by atoms with Crippen LogP contribution in [0.2, 0.25) is 15.1 Å². The molecule has 0 saturated heterocycles. The van der Waals surface area contributed by atoms with Crippen molar-refractivity contribution in [3.63, 3.8) is 0 Å². The van der Waals surface area contributed by atoms with E-state index >= 15 is 0 Å². The molecule has 0 spiro atoms. The minimum atomic E-state index is 0. The zero-order valence-corrected chi connectivity index (χ0v) is 18.2. The van der Waals surface area contributed by atoms with Crippen molar-refractivity contribution in [3.8, 4) is 17.1 Å². The number of benzene rings is 3. The highest BCUT2D eigenvalue weighted by Gasteiger charge is 2.14. The number of anilines is 2. The van der Waals surface area contributed by atoms with E-state index in [9.17, 15) is 0 Å². The molecule has 4 aromatic rings. The number of hydrogen-bond acceptors (Lipinski definition) is 4. The van der Waals surface area contributed by atoms with Crippen molar-refractivity contribution in [3.05, 3.63) is 75.7 Å². The van der Waals surface area contributed by atoms with Crippen LogP contribution in [0.3, 0.4) is 0 Å². The number of para-hydroxylation sites is 1. The SMILES string of the molecule is COc1ccc(Cl)cc1Nc1nc(-c2ccc(Cl)cc2Cl)nc2ccccc12.Cl. The second kappa shape index (κ2) is 9.06. The maximum absolute atomic E-state index is 6.37. The molecular weight excluding hydrogens is 452 g/mol. The summed E-state index contributed by atoms with van der Waals surface area (Å²) in [6.45, 7) is 0. The molecule has 4 rings (SSSR count). The van der Waals surface area contributed by atoms with Crippen LogP contribution in [-0.4, -0.2) is 17.1 Å². The fourth-order valence-corrected chi connectivity index (χ4v) is 3.53. The van der Waals surface area contributed by atoms with Gasteiger partial charge in [-0.05, 0) is 48.5 Å². The molecule has 148 valence electrons. The summed E-state index contributed by atoms with van der Waals surface area (Å²) in [5, 5.41) is 5.80. The molecule has 0 fully saturated rings. The fraction of sp³-hybridized carbons (Fsp3) is 0.0476. The van der Waals surface area contributed by atoms with E-state index in [4.69, 9.17) is 44.5 Å². The van der Waals surface area contributed by atoms with Crippen molar-refractivity contribution in [2.24, 2.45) is 0 Å². The fourth-order valence-electron chi connectivity index (χ4n) is 2.87. The molecule has 0 aliphatic rings. The predicted molar refractivity (Wildman–Crippen MR) is 124 cm³/mol. The Balaban J connectivity index is 0.00000240. The molecule has 0 atom stereocenters. The van der Waals surface area contributed by atoms with Gasteiger partial charge < -0.3 is 10.1 Å². The Morgan fingerprint density at radius 1 is 0.862 bits per heavy atom. The van der Waals surface area contributed by atoms with Gasteiger partial charge in [-0.25, -0.2) is 9.97 Å². The van der Waals surface area contributed by atoms with E-state index in [0.29, 0.717) is 43.7 Å². The summed E-state index contributed by atoms with van der Waals surface area (Å²) >= 11 is 18.6. The third-order valence-electron chi connectivity index (χ3n) is 4.19. The molecule has 8 heteroatoms. The van der Waals surface area contributed by atoms with Crippen LogP contribution in [0.25, 0.3) is 22.3 Å². The molecular formula is C21H15Cl4N3O. The van der Waals surface area contributed by atoms with E-state index in [1.165, 1.54) is 0 Å². The zero-order valence-electron chi connectivity index (χ0n) is 15.1. The van der Waals surface area contributed by atoms with Gasteiger partial charge in [0.25, 0.3) is 0 Å². The highest BCUT2D eigenvalue weighted by atomic mass is 35.5. The minimum Gasteiger partial charge on any atom is -0.495 e. The van der Waals surface area contributed by atoms with Crippen LogP contribution >= 0.6 is 47.2 Å². The smallest absolute Gasteiger partial charge is 0.163 e. The molecule has 3 aromatic carbocycles. The molecule has 0 aliphatic heterocycles. The van der Waals surface area contributed by atoms with Crippen LogP contribution in [0.4, 0.5) is 11.5 Å². The molecule has 0 saturated carbocycles. The van der Waals surface area contributed by atoms with Crippen LogP contribution in [0.5, 0.6) is 5.75 Å². The number of nitrogens with zero attached hydrogens (tertiary/aromatic N) is 2. The largest absolute Gasteiger partial charge is 0.495 e. The minimum absolute atomic E-state index is 0. The van der Waals surface area contributed by atoms with Gasteiger partial charge in [0, 0.05) is 21.0 Å². The van der Waals surface area contributed by atoms with Crippen molar-refractivity contribution in [2.75, 3.05) is 12.4 Å². The lowest BCUT2D eigenvalue weighted by molar-refractivity contribution is 0.417. The summed E-state index contributed by atoms with van der Waals surface area (Å²) in [4.78, 5) is 9.38. The van der Waals surface area contributed by atoms with E-state index < -0.39 is 0 Å². The van der Waals surface area contributed by atoms with Gasteiger partial charge in [0.15, 0.2) is 5.82 Å². The van der Waals surface area contributed by atoms with Crippen molar-refractivity contribution in [1.29, 1.82) is 0 Å². The van der Waals surface area contributed by atoms with Crippen molar-refractivity contribution in [2.45, 2.75) is 0 Å². The molecule has 0 radical (unpaired) electrons. The summed E-state index contributed by atoms with van der Waals surface area (Å²) in [5.74, 6) is 1.76. The summed E-state index contributed by atoms with van der Waals surface area (Å²) in [6, 6.07) is 18.3. The molecule has 0 aliphatic carbocycles. The Labute approximate surface area is 189 Å². The molecule has 1 heterocycles. The van der Waals surface area contributed by atoms with Crippen LogP contribution < -0.4 is 10.1 Å². The topological polar surface area (TPSA) is 47.0 Å². The Kier molecular flexibility index (Phi) is 6.70. The second-order valence-corrected chi connectivity index (χ2v) is 7.29. The monoisotopic (exact) mass is 465 g/mol. The average molecular weight is 467 g/mol. The van der Waals surface area contributed by atoms with Gasteiger partial charge in [-0.1, -0.05) is 46.9 Å². The summed E-state index contributed by atoms with van der Waals surface area (Å²) in [5.41, 5.74) is 2.17.